The monoisotopic (exact) mass is 297 g/mol. The van der Waals surface area contributed by atoms with Gasteiger partial charge in [-0.2, -0.15) is 0 Å². The first-order valence-electron chi connectivity index (χ1n) is 6.77. The number of anilines is 1. The van der Waals surface area contributed by atoms with Gasteiger partial charge in [-0.3, -0.25) is 9.89 Å². The molecule has 0 bridgehead atoms. The summed E-state index contributed by atoms with van der Waals surface area (Å²) in [6.07, 6.45) is -1.30. The van der Waals surface area contributed by atoms with Gasteiger partial charge in [0.05, 0.1) is 13.1 Å². The van der Waals surface area contributed by atoms with E-state index in [0.717, 1.165) is 30.4 Å². The maximum Gasteiger partial charge on any atom is 0.251 e. The highest BCUT2D eigenvalue weighted by Gasteiger charge is 2.27. The molecule has 1 fully saturated rings. The van der Waals surface area contributed by atoms with Crippen LogP contribution in [-0.4, -0.2) is 41.4 Å². The molecule has 1 aromatic carbocycles. The van der Waals surface area contributed by atoms with Crippen LogP contribution in [0.3, 0.4) is 0 Å². The van der Waals surface area contributed by atoms with E-state index in [1.807, 2.05) is 23.1 Å². The number of fused-ring (bicyclic) bond motifs is 1. The number of aliphatic imine (C=N–C) groups is 1. The fraction of sp³-hybridized carbons (Fsp3) is 0.500. The number of nitrogens with zero attached hydrogens (tertiary/aromatic N) is 2. The Morgan fingerprint density at radius 1 is 1.40 bits per heavy atom. The number of hydrogen-bond acceptors (Lipinski definition) is 4. The van der Waals surface area contributed by atoms with Gasteiger partial charge in [0.25, 0.3) is 6.43 Å². The number of nitrogens with one attached hydrogen (secondary N) is 1. The highest BCUT2D eigenvalue weighted by Crippen LogP contribution is 2.28. The van der Waals surface area contributed by atoms with Gasteiger partial charge in [0.2, 0.25) is 0 Å². The van der Waals surface area contributed by atoms with Gasteiger partial charge >= 0.3 is 0 Å². The summed E-state index contributed by atoms with van der Waals surface area (Å²) in [5, 5.41) is 4.59. The van der Waals surface area contributed by atoms with E-state index in [9.17, 15) is 8.78 Å². The summed E-state index contributed by atoms with van der Waals surface area (Å²) in [6, 6.07) is 8.11. The number of para-hydroxylation sites is 1. The van der Waals surface area contributed by atoms with Gasteiger partial charge in [0.15, 0.2) is 5.17 Å². The van der Waals surface area contributed by atoms with Crippen LogP contribution in [0.1, 0.15) is 12.0 Å². The molecule has 1 saturated heterocycles. The van der Waals surface area contributed by atoms with Gasteiger partial charge in [-0.25, -0.2) is 8.78 Å². The molecule has 0 radical (unpaired) electrons. The topological polar surface area (TPSA) is 27.6 Å². The van der Waals surface area contributed by atoms with E-state index in [1.165, 1.54) is 5.56 Å². The molecule has 1 N–H and O–H groups in total. The molecule has 2 aliphatic rings. The fourth-order valence-electron chi connectivity index (χ4n) is 2.57. The first-order valence-corrected chi connectivity index (χ1v) is 7.65. The second-order valence-corrected chi connectivity index (χ2v) is 6.37. The number of halogens is 2. The zero-order valence-corrected chi connectivity index (χ0v) is 11.9. The van der Waals surface area contributed by atoms with Gasteiger partial charge in [-0.1, -0.05) is 30.0 Å². The summed E-state index contributed by atoms with van der Waals surface area (Å²) in [4.78, 5) is 6.36. The van der Waals surface area contributed by atoms with Crippen molar-refractivity contribution >= 4 is 22.6 Å². The summed E-state index contributed by atoms with van der Waals surface area (Å²) in [5.74, 6) is 0. The number of benzene rings is 1. The van der Waals surface area contributed by atoms with E-state index in [-0.39, 0.29) is 6.54 Å². The van der Waals surface area contributed by atoms with Crippen LogP contribution >= 0.6 is 11.8 Å². The third-order valence-corrected chi connectivity index (χ3v) is 4.73. The zero-order valence-electron chi connectivity index (χ0n) is 11.1. The molecule has 0 aliphatic carbocycles. The largest absolute Gasteiger partial charge is 0.335 e. The van der Waals surface area contributed by atoms with Gasteiger partial charge in [0, 0.05) is 17.5 Å². The highest BCUT2D eigenvalue weighted by atomic mass is 32.2. The Bertz CT molecular complexity index is 507. The summed E-state index contributed by atoms with van der Waals surface area (Å²) < 4.78 is 24.7. The highest BCUT2D eigenvalue weighted by molar-refractivity contribution is 8.14. The fourth-order valence-corrected chi connectivity index (χ4v) is 3.70. The Hall–Kier alpha value is -1.14. The third kappa shape index (κ3) is 3.30. The van der Waals surface area contributed by atoms with Crippen LogP contribution in [0, 0.1) is 0 Å². The maximum atomic E-state index is 12.4. The Balaban J connectivity index is 1.54. The molecule has 0 saturated carbocycles. The van der Waals surface area contributed by atoms with Crippen LogP contribution in [0.15, 0.2) is 29.3 Å². The zero-order chi connectivity index (χ0) is 13.9. The summed E-state index contributed by atoms with van der Waals surface area (Å²) >= 11 is 1.67. The SMILES string of the molecule is FC(F)CN1CCC(SC2=NCc3ccccc3N2)C1. The van der Waals surface area contributed by atoms with Crippen molar-refractivity contribution in [3.63, 3.8) is 0 Å². The molecule has 6 heteroatoms. The molecule has 1 atom stereocenters. The van der Waals surface area contributed by atoms with Crippen molar-refractivity contribution in [2.24, 2.45) is 4.99 Å². The molecule has 3 rings (SSSR count). The minimum absolute atomic E-state index is 0.111. The van der Waals surface area contributed by atoms with Crippen molar-refractivity contribution in [2.75, 3.05) is 25.0 Å². The molecular formula is C14H17F2N3S. The van der Waals surface area contributed by atoms with E-state index in [2.05, 4.69) is 16.4 Å². The summed E-state index contributed by atoms with van der Waals surface area (Å²) in [7, 11) is 0. The molecule has 0 aromatic heterocycles. The van der Waals surface area contributed by atoms with Crippen LogP contribution in [-0.2, 0) is 6.54 Å². The minimum atomic E-state index is -2.24. The number of alkyl halides is 2. The molecule has 3 nitrogen and oxygen atoms in total. The molecule has 20 heavy (non-hydrogen) atoms. The molecule has 0 amide bonds. The van der Waals surface area contributed by atoms with Crippen LogP contribution in [0.5, 0.6) is 0 Å². The minimum Gasteiger partial charge on any atom is -0.335 e. The second-order valence-electron chi connectivity index (χ2n) is 5.08. The Morgan fingerprint density at radius 2 is 2.25 bits per heavy atom. The van der Waals surface area contributed by atoms with Gasteiger partial charge in [-0.05, 0) is 24.6 Å². The molecule has 2 aliphatic heterocycles. The lowest BCUT2D eigenvalue weighted by Crippen LogP contribution is -2.27. The quantitative estimate of drug-likeness (QED) is 0.929. The predicted octanol–water partition coefficient (Wildman–Crippen LogP) is 3.04. The number of rotatable bonds is 3. The number of thioether (sulfide) groups is 1. The molecule has 0 spiro atoms. The van der Waals surface area contributed by atoms with Crippen LogP contribution < -0.4 is 5.32 Å². The summed E-state index contributed by atoms with van der Waals surface area (Å²) in [6.45, 7) is 2.06. The molecule has 108 valence electrons. The van der Waals surface area contributed by atoms with Crippen molar-refractivity contribution in [2.45, 2.75) is 24.6 Å². The smallest absolute Gasteiger partial charge is 0.251 e. The van der Waals surface area contributed by atoms with Crippen LogP contribution in [0.4, 0.5) is 14.5 Å². The normalized spacial score (nSPS) is 22.6. The maximum absolute atomic E-state index is 12.4. The van der Waals surface area contributed by atoms with Crippen LogP contribution in [0.2, 0.25) is 0 Å². The van der Waals surface area contributed by atoms with E-state index in [4.69, 9.17) is 0 Å². The van der Waals surface area contributed by atoms with E-state index in [0.29, 0.717) is 11.8 Å². The lowest BCUT2D eigenvalue weighted by atomic mass is 10.1. The van der Waals surface area contributed by atoms with E-state index in [1.54, 1.807) is 11.8 Å². The molecule has 1 unspecified atom stereocenters. The van der Waals surface area contributed by atoms with Crippen molar-refractivity contribution < 1.29 is 8.78 Å². The Kier molecular flexibility index (Phi) is 4.21. The van der Waals surface area contributed by atoms with Gasteiger partial charge in [-0.15, -0.1) is 0 Å². The van der Waals surface area contributed by atoms with Gasteiger partial charge < -0.3 is 5.32 Å². The second kappa shape index (κ2) is 6.10. The third-order valence-electron chi connectivity index (χ3n) is 3.56. The van der Waals surface area contributed by atoms with E-state index < -0.39 is 6.43 Å². The van der Waals surface area contributed by atoms with Crippen molar-refractivity contribution in [1.82, 2.24) is 4.90 Å². The first-order chi connectivity index (χ1) is 9.70. The van der Waals surface area contributed by atoms with Crippen molar-refractivity contribution in [3.8, 4) is 0 Å². The van der Waals surface area contributed by atoms with E-state index >= 15 is 0 Å². The Labute approximate surface area is 121 Å². The predicted molar refractivity (Wildman–Crippen MR) is 79.6 cm³/mol. The van der Waals surface area contributed by atoms with Crippen molar-refractivity contribution in [1.29, 1.82) is 0 Å². The first kappa shape index (κ1) is 13.8. The standard InChI is InChI=1S/C14H17F2N3S/c15-13(16)9-19-6-5-11(8-19)20-14-17-7-10-3-1-2-4-12(10)18-14/h1-4,11,13H,5-9H2,(H,17,18). The average molecular weight is 297 g/mol. The average Bonchev–Trinajstić information content (AvgIpc) is 2.85. The summed E-state index contributed by atoms with van der Waals surface area (Å²) in [5.41, 5.74) is 2.30. The number of hydrogen-bond donors (Lipinski definition) is 1. The lowest BCUT2D eigenvalue weighted by Gasteiger charge is -2.20. The molecule has 2 heterocycles. The Morgan fingerprint density at radius 3 is 3.10 bits per heavy atom. The van der Waals surface area contributed by atoms with Crippen molar-refractivity contribution in [3.05, 3.63) is 29.8 Å². The van der Waals surface area contributed by atoms with Crippen LogP contribution in [0.25, 0.3) is 0 Å². The molecule has 1 aromatic rings. The number of likely N-dealkylation sites (tertiary alicyclic amines) is 1. The number of amidine groups is 1. The lowest BCUT2D eigenvalue weighted by molar-refractivity contribution is 0.0998. The van der Waals surface area contributed by atoms with Gasteiger partial charge in [0.1, 0.15) is 0 Å². The molecular weight excluding hydrogens is 280 g/mol.